The topological polar surface area (TPSA) is 58.7 Å². The van der Waals surface area contributed by atoms with Crippen LogP contribution in [-0.4, -0.2) is 9.78 Å². The van der Waals surface area contributed by atoms with Crippen LogP contribution in [0.15, 0.2) is 35.1 Å². The van der Waals surface area contributed by atoms with Crippen molar-refractivity contribution in [3.8, 4) is 17.3 Å². The van der Waals surface area contributed by atoms with Crippen molar-refractivity contribution in [1.29, 1.82) is 5.26 Å². The van der Waals surface area contributed by atoms with Gasteiger partial charge in [-0.3, -0.25) is 4.79 Å². The highest BCUT2D eigenvalue weighted by atomic mass is 16.1. The van der Waals surface area contributed by atoms with Gasteiger partial charge in [0, 0.05) is 18.2 Å². The Balaban J connectivity index is 2.47. The number of hydrogen-bond donors (Lipinski definition) is 0. The van der Waals surface area contributed by atoms with Gasteiger partial charge in [-0.05, 0) is 17.5 Å². The fourth-order valence-corrected chi connectivity index (χ4v) is 2.06. The number of rotatable bonds is 3. The molecule has 0 saturated carbocycles. The van der Waals surface area contributed by atoms with Crippen molar-refractivity contribution < 1.29 is 0 Å². The Labute approximate surface area is 118 Å². The number of benzene rings is 1. The molecular formula is C16H17N3O. The minimum atomic E-state index is -0.214. The maximum absolute atomic E-state index is 11.8. The SMILES string of the molecule is CC(C)c1ccc(-c2cc(CC#N)c(=O)n(C)n2)cc1. The average Bonchev–Trinajstić information content (AvgIpc) is 2.44. The molecule has 0 saturated heterocycles. The van der Waals surface area contributed by atoms with Gasteiger partial charge in [0.2, 0.25) is 0 Å². The summed E-state index contributed by atoms with van der Waals surface area (Å²) < 4.78 is 1.29. The van der Waals surface area contributed by atoms with E-state index in [9.17, 15) is 4.79 Å². The van der Waals surface area contributed by atoms with Crippen LogP contribution in [0.2, 0.25) is 0 Å². The molecule has 0 aliphatic carbocycles. The molecule has 2 aromatic rings. The van der Waals surface area contributed by atoms with Gasteiger partial charge in [-0.2, -0.15) is 10.4 Å². The molecule has 0 N–H and O–H groups in total. The Bertz CT molecular complexity index is 706. The van der Waals surface area contributed by atoms with Crippen LogP contribution in [0.3, 0.4) is 0 Å². The van der Waals surface area contributed by atoms with Crippen molar-refractivity contribution in [2.45, 2.75) is 26.2 Å². The fraction of sp³-hybridized carbons (Fsp3) is 0.312. The first-order chi connectivity index (χ1) is 9.52. The van der Waals surface area contributed by atoms with E-state index in [2.05, 4.69) is 31.1 Å². The molecule has 1 aromatic carbocycles. The van der Waals surface area contributed by atoms with E-state index < -0.39 is 0 Å². The Hall–Kier alpha value is -2.41. The largest absolute Gasteiger partial charge is 0.270 e. The van der Waals surface area contributed by atoms with Crippen LogP contribution >= 0.6 is 0 Å². The molecule has 0 radical (unpaired) electrons. The summed E-state index contributed by atoms with van der Waals surface area (Å²) in [6.45, 7) is 4.29. The van der Waals surface area contributed by atoms with Crippen LogP contribution in [-0.2, 0) is 13.5 Å². The molecule has 0 amide bonds. The summed E-state index contributed by atoms with van der Waals surface area (Å²) in [5, 5.41) is 13.0. The lowest BCUT2D eigenvalue weighted by Crippen LogP contribution is -2.23. The maximum Gasteiger partial charge on any atom is 0.270 e. The summed E-state index contributed by atoms with van der Waals surface area (Å²) in [5.74, 6) is 0.478. The zero-order valence-electron chi connectivity index (χ0n) is 11.9. The van der Waals surface area contributed by atoms with Crippen LogP contribution in [0.5, 0.6) is 0 Å². The summed E-state index contributed by atoms with van der Waals surface area (Å²) in [5.41, 5.74) is 3.19. The molecule has 0 fully saturated rings. The molecule has 20 heavy (non-hydrogen) atoms. The Morgan fingerprint density at radius 1 is 1.30 bits per heavy atom. The van der Waals surface area contributed by atoms with Crippen LogP contribution in [0.1, 0.15) is 30.9 Å². The summed E-state index contributed by atoms with van der Waals surface area (Å²) in [7, 11) is 1.61. The molecular weight excluding hydrogens is 250 g/mol. The highest BCUT2D eigenvalue weighted by Crippen LogP contribution is 2.21. The first-order valence-corrected chi connectivity index (χ1v) is 6.57. The second kappa shape index (κ2) is 5.70. The van der Waals surface area contributed by atoms with Crippen LogP contribution in [0, 0.1) is 11.3 Å². The molecule has 0 aliphatic heterocycles. The van der Waals surface area contributed by atoms with E-state index in [0.717, 1.165) is 5.56 Å². The lowest BCUT2D eigenvalue weighted by atomic mass is 10.0. The van der Waals surface area contributed by atoms with E-state index in [1.54, 1.807) is 13.1 Å². The van der Waals surface area contributed by atoms with E-state index in [4.69, 9.17) is 5.26 Å². The average molecular weight is 267 g/mol. The zero-order chi connectivity index (χ0) is 14.7. The third-order valence-electron chi connectivity index (χ3n) is 3.28. The Kier molecular flexibility index (Phi) is 3.99. The van der Waals surface area contributed by atoms with E-state index in [1.807, 2.05) is 18.2 Å². The molecule has 4 nitrogen and oxygen atoms in total. The molecule has 0 spiro atoms. The van der Waals surface area contributed by atoms with Crippen molar-refractivity contribution in [3.63, 3.8) is 0 Å². The van der Waals surface area contributed by atoms with Crippen LogP contribution in [0.4, 0.5) is 0 Å². The van der Waals surface area contributed by atoms with Crippen molar-refractivity contribution in [3.05, 3.63) is 51.8 Å². The Morgan fingerprint density at radius 3 is 2.50 bits per heavy atom. The smallest absolute Gasteiger partial charge is 0.267 e. The summed E-state index contributed by atoms with van der Waals surface area (Å²) in [6, 6.07) is 11.8. The predicted molar refractivity (Wildman–Crippen MR) is 78.3 cm³/mol. The van der Waals surface area contributed by atoms with E-state index in [0.29, 0.717) is 17.2 Å². The second-order valence-corrected chi connectivity index (χ2v) is 5.10. The van der Waals surface area contributed by atoms with Crippen molar-refractivity contribution >= 4 is 0 Å². The maximum atomic E-state index is 11.8. The molecule has 2 rings (SSSR count). The monoisotopic (exact) mass is 267 g/mol. The molecule has 1 heterocycles. The minimum Gasteiger partial charge on any atom is -0.267 e. The molecule has 0 atom stereocenters. The summed E-state index contributed by atoms with van der Waals surface area (Å²) in [6.07, 6.45) is 0.103. The normalized spacial score (nSPS) is 10.6. The quantitative estimate of drug-likeness (QED) is 0.859. The number of nitriles is 1. The number of aryl methyl sites for hydroxylation is 1. The number of hydrogen-bond acceptors (Lipinski definition) is 3. The molecule has 0 unspecified atom stereocenters. The first kappa shape index (κ1) is 14.0. The lowest BCUT2D eigenvalue weighted by molar-refractivity contribution is 0.702. The van der Waals surface area contributed by atoms with Crippen molar-refractivity contribution in [1.82, 2.24) is 9.78 Å². The second-order valence-electron chi connectivity index (χ2n) is 5.10. The van der Waals surface area contributed by atoms with E-state index in [1.165, 1.54) is 10.2 Å². The fourth-order valence-electron chi connectivity index (χ4n) is 2.06. The molecule has 0 bridgehead atoms. The number of nitrogens with zero attached hydrogens (tertiary/aromatic N) is 3. The van der Waals surface area contributed by atoms with Crippen molar-refractivity contribution in [2.24, 2.45) is 7.05 Å². The van der Waals surface area contributed by atoms with E-state index >= 15 is 0 Å². The van der Waals surface area contributed by atoms with Gasteiger partial charge in [-0.25, -0.2) is 4.68 Å². The van der Waals surface area contributed by atoms with Gasteiger partial charge in [0.1, 0.15) is 0 Å². The van der Waals surface area contributed by atoms with Gasteiger partial charge in [-0.1, -0.05) is 38.1 Å². The minimum absolute atomic E-state index is 0.103. The molecule has 102 valence electrons. The zero-order valence-corrected chi connectivity index (χ0v) is 11.9. The van der Waals surface area contributed by atoms with Crippen LogP contribution in [0.25, 0.3) is 11.3 Å². The van der Waals surface area contributed by atoms with E-state index in [-0.39, 0.29) is 12.0 Å². The van der Waals surface area contributed by atoms with Crippen LogP contribution < -0.4 is 5.56 Å². The number of aromatic nitrogens is 2. The standard InChI is InChI=1S/C16H17N3O/c1-11(2)12-4-6-13(7-5-12)15-10-14(8-9-17)16(20)19(3)18-15/h4-7,10-11H,8H2,1-3H3. The van der Waals surface area contributed by atoms with Gasteiger partial charge >= 0.3 is 0 Å². The third kappa shape index (κ3) is 2.77. The van der Waals surface area contributed by atoms with Gasteiger partial charge in [-0.15, -0.1) is 0 Å². The van der Waals surface area contributed by atoms with Crippen molar-refractivity contribution in [2.75, 3.05) is 0 Å². The molecule has 4 heteroatoms. The Morgan fingerprint density at radius 2 is 1.95 bits per heavy atom. The summed E-state index contributed by atoms with van der Waals surface area (Å²) >= 11 is 0. The lowest BCUT2D eigenvalue weighted by Gasteiger charge is -2.08. The summed E-state index contributed by atoms with van der Waals surface area (Å²) in [4.78, 5) is 11.8. The highest BCUT2D eigenvalue weighted by molar-refractivity contribution is 5.59. The van der Waals surface area contributed by atoms with Gasteiger partial charge in [0.15, 0.2) is 0 Å². The van der Waals surface area contributed by atoms with Gasteiger partial charge in [0.05, 0.1) is 18.2 Å². The third-order valence-corrected chi connectivity index (χ3v) is 3.28. The molecule has 1 aromatic heterocycles. The highest BCUT2D eigenvalue weighted by Gasteiger charge is 2.08. The van der Waals surface area contributed by atoms with Gasteiger partial charge < -0.3 is 0 Å². The van der Waals surface area contributed by atoms with Gasteiger partial charge in [0.25, 0.3) is 5.56 Å². The first-order valence-electron chi connectivity index (χ1n) is 6.57. The molecule has 0 aliphatic rings. The predicted octanol–water partition coefficient (Wildman–Crippen LogP) is 2.64.